The van der Waals surface area contributed by atoms with Crippen molar-refractivity contribution in [3.8, 4) is 5.75 Å². The maximum absolute atomic E-state index is 13.0. The number of benzene rings is 3. The van der Waals surface area contributed by atoms with E-state index >= 15 is 0 Å². The van der Waals surface area contributed by atoms with Crippen molar-refractivity contribution in [1.82, 2.24) is 9.96 Å². The van der Waals surface area contributed by atoms with Gasteiger partial charge in [0.25, 0.3) is 5.91 Å². The van der Waals surface area contributed by atoms with Crippen molar-refractivity contribution in [1.29, 1.82) is 0 Å². The third-order valence-electron chi connectivity index (χ3n) is 5.26. The van der Waals surface area contributed by atoms with Crippen LogP contribution < -0.4 is 10.5 Å². The molecule has 30 heavy (non-hydrogen) atoms. The van der Waals surface area contributed by atoms with Gasteiger partial charge in [-0.2, -0.15) is 0 Å². The number of nitrogens with two attached hydrogens (primary N) is 1. The van der Waals surface area contributed by atoms with E-state index in [0.717, 1.165) is 17.5 Å². The van der Waals surface area contributed by atoms with Gasteiger partial charge in [0.1, 0.15) is 12.4 Å². The lowest BCUT2D eigenvalue weighted by Gasteiger charge is -2.29. The van der Waals surface area contributed by atoms with E-state index in [2.05, 4.69) is 30.3 Å². The van der Waals surface area contributed by atoms with Crippen LogP contribution in [0.25, 0.3) is 10.8 Å². The number of carbonyl (C=O) groups excluding carboxylic acids is 2. The third-order valence-corrected chi connectivity index (χ3v) is 5.26. The van der Waals surface area contributed by atoms with Crippen molar-refractivity contribution >= 4 is 22.7 Å². The second kappa shape index (κ2) is 8.42. The van der Waals surface area contributed by atoms with Crippen LogP contribution in [0.1, 0.15) is 21.5 Å². The molecule has 1 aliphatic heterocycles. The molecule has 4 rings (SSSR count). The fourth-order valence-corrected chi connectivity index (χ4v) is 3.67. The number of rotatable bonds is 6. The number of nitrogens with zero attached hydrogens (tertiary/aromatic N) is 2. The van der Waals surface area contributed by atoms with Crippen molar-refractivity contribution in [2.75, 3.05) is 19.7 Å². The molecular weight excluding hydrogens is 382 g/mol. The molecular formula is C23H23N3O4. The monoisotopic (exact) mass is 405 g/mol. The van der Waals surface area contributed by atoms with E-state index in [1.54, 1.807) is 12.1 Å². The molecule has 0 saturated carbocycles. The minimum Gasteiger partial charge on any atom is -0.492 e. The highest BCUT2D eigenvalue weighted by atomic mass is 16.5. The Morgan fingerprint density at radius 1 is 1.10 bits per heavy atom. The number of fused-ring (bicyclic) bond motifs is 2. The zero-order valence-electron chi connectivity index (χ0n) is 16.5. The molecule has 3 amide bonds. The van der Waals surface area contributed by atoms with Crippen molar-refractivity contribution in [2.45, 2.75) is 13.0 Å². The first-order valence-electron chi connectivity index (χ1n) is 9.80. The van der Waals surface area contributed by atoms with Crippen molar-refractivity contribution in [3.63, 3.8) is 0 Å². The Kier molecular flexibility index (Phi) is 5.54. The normalized spacial score (nSPS) is 13.2. The summed E-state index contributed by atoms with van der Waals surface area (Å²) in [6, 6.07) is 18.9. The summed E-state index contributed by atoms with van der Waals surface area (Å²) in [6.45, 7) is 1.26. The molecule has 0 unspecified atom stereocenters. The molecule has 154 valence electrons. The van der Waals surface area contributed by atoms with E-state index < -0.39 is 6.03 Å². The predicted molar refractivity (Wildman–Crippen MR) is 112 cm³/mol. The number of amides is 3. The number of hydroxylamine groups is 2. The molecule has 0 fully saturated rings. The first-order valence-corrected chi connectivity index (χ1v) is 9.80. The van der Waals surface area contributed by atoms with Crippen LogP contribution in [0.4, 0.5) is 4.79 Å². The molecule has 0 atom stereocenters. The number of primary amides is 1. The number of urea groups is 1. The average Bonchev–Trinajstić information content (AvgIpc) is 2.75. The Morgan fingerprint density at radius 2 is 1.90 bits per heavy atom. The van der Waals surface area contributed by atoms with Gasteiger partial charge in [-0.1, -0.05) is 36.4 Å². The van der Waals surface area contributed by atoms with E-state index in [1.807, 2.05) is 23.1 Å². The molecule has 0 bridgehead atoms. The van der Waals surface area contributed by atoms with Gasteiger partial charge >= 0.3 is 6.03 Å². The van der Waals surface area contributed by atoms with E-state index in [1.165, 1.54) is 10.8 Å². The Hall–Kier alpha value is -3.58. The maximum atomic E-state index is 13.0. The maximum Gasteiger partial charge on any atom is 0.338 e. The standard InChI is InChI=1S/C23H23N3O4/c24-23(28)26(29)11-12-30-20-7-8-21-19(14-20)9-10-25(22(21)27)15-16-5-6-17-3-1-2-4-18(17)13-16/h1-8,13-14,29H,9-12,15H2,(H2,24,28). The van der Waals surface area contributed by atoms with Crippen LogP contribution in [0.2, 0.25) is 0 Å². The molecule has 3 aromatic rings. The van der Waals surface area contributed by atoms with E-state index in [9.17, 15) is 14.8 Å². The Morgan fingerprint density at radius 3 is 2.70 bits per heavy atom. The number of hydrogen-bond acceptors (Lipinski definition) is 4. The SMILES string of the molecule is NC(=O)N(O)CCOc1ccc2c(c1)CCN(Cc1ccc3ccccc3c1)C2=O. The van der Waals surface area contributed by atoms with Crippen molar-refractivity contribution in [2.24, 2.45) is 5.73 Å². The van der Waals surface area contributed by atoms with E-state index in [4.69, 9.17) is 10.5 Å². The minimum absolute atomic E-state index is 0.00576. The number of hydrogen-bond donors (Lipinski definition) is 2. The van der Waals surface area contributed by atoms with Crippen LogP contribution in [0.3, 0.4) is 0 Å². The van der Waals surface area contributed by atoms with Crippen LogP contribution in [0.5, 0.6) is 5.75 Å². The summed E-state index contributed by atoms with van der Waals surface area (Å²) in [5.41, 5.74) is 7.67. The molecule has 0 aromatic heterocycles. The topological polar surface area (TPSA) is 96.1 Å². The van der Waals surface area contributed by atoms with Gasteiger partial charge in [-0.15, -0.1) is 0 Å². The van der Waals surface area contributed by atoms with Gasteiger partial charge < -0.3 is 15.4 Å². The third kappa shape index (κ3) is 4.21. The van der Waals surface area contributed by atoms with E-state index in [-0.39, 0.29) is 19.1 Å². The highest BCUT2D eigenvalue weighted by Crippen LogP contribution is 2.25. The van der Waals surface area contributed by atoms with Gasteiger partial charge in [0.15, 0.2) is 0 Å². The van der Waals surface area contributed by atoms with Gasteiger partial charge in [0.2, 0.25) is 0 Å². The smallest absolute Gasteiger partial charge is 0.338 e. The molecule has 0 radical (unpaired) electrons. The Balaban J connectivity index is 1.42. The summed E-state index contributed by atoms with van der Waals surface area (Å²) in [6.07, 6.45) is 0.735. The highest BCUT2D eigenvalue weighted by Gasteiger charge is 2.24. The Bertz CT molecular complexity index is 1100. The fourth-order valence-electron chi connectivity index (χ4n) is 3.67. The number of ether oxygens (including phenoxy) is 1. The molecule has 3 aromatic carbocycles. The van der Waals surface area contributed by atoms with Crippen LogP contribution in [0.15, 0.2) is 60.7 Å². The molecule has 0 aliphatic carbocycles. The molecule has 7 nitrogen and oxygen atoms in total. The summed E-state index contributed by atoms with van der Waals surface area (Å²) < 4.78 is 5.56. The molecule has 0 spiro atoms. The largest absolute Gasteiger partial charge is 0.492 e. The molecule has 0 saturated heterocycles. The lowest BCUT2D eigenvalue weighted by Crippen LogP contribution is -2.37. The van der Waals surface area contributed by atoms with Crippen molar-refractivity contribution < 1.29 is 19.5 Å². The summed E-state index contributed by atoms with van der Waals surface area (Å²) in [7, 11) is 0. The predicted octanol–water partition coefficient (Wildman–Crippen LogP) is 3.19. The second-order valence-electron chi connectivity index (χ2n) is 7.29. The van der Waals surface area contributed by atoms with Gasteiger partial charge in [-0.25, -0.2) is 9.86 Å². The van der Waals surface area contributed by atoms with Crippen LogP contribution in [-0.4, -0.2) is 46.8 Å². The lowest BCUT2D eigenvalue weighted by molar-refractivity contribution is -0.0464. The first kappa shape index (κ1) is 19.7. The summed E-state index contributed by atoms with van der Waals surface area (Å²) in [4.78, 5) is 25.6. The second-order valence-corrected chi connectivity index (χ2v) is 7.29. The summed E-state index contributed by atoms with van der Waals surface area (Å²) in [5.74, 6) is 0.591. The van der Waals surface area contributed by atoms with Crippen LogP contribution in [0, 0.1) is 0 Å². The van der Waals surface area contributed by atoms with Gasteiger partial charge in [0, 0.05) is 18.7 Å². The summed E-state index contributed by atoms with van der Waals surface area (Å²) in [5, 5.41) is 12.0. The molecule has 1 heterocycles. The van der Waals surface area contributed by atoms with Gasteiger partial charge in [-0.05, 0) is 52.6 Å². The molecule has 7 heteroatoms. The molecule has 3 N–H and O–H groups in total. The average molecular weight is 405 g/mol. The first-order chi connectivity index (χ1) is 14.5. The Labute approximate surface area is 174 Å². The zero-order valence-corrected chi connectivity index (χ0v) is 16.5. The minimum atomic E-state index is -0.929. The quantitative estimate of drug-likeness (QED) is 0.486. The zero-order chi connectivity index (χ0) is 21.1. The van der Waals surface area contributed by atoms with Crippen LogP contribution in [-0.2, 0) is 13.0 Å². The van der Waals surface area contributed by atoms with Crippen molar-refractivity contribution in [3.05, 3.63) is 77.4 Å². The van der Waals surface area contributed by atoms with Gasteiger partial charge in [0.05, 0.1) is 6.54 Å². The highest BCUT2D eigenvalue weighted by molar-refractivity contribution is 5.97. The lowest BCUT2D eigenvalue weighted by atomic mass is 9.98. The van der Waals surface area contributed by atoms with E-state index in [0.29, 0.717) is 29.5 Å². The molecule has 1 aliphatic rings. The fraction of sp³-hybridized carbons (Fsp3) is 0.217. The number of carbonyl (C=O) groups is 2. The summed E-state index contributed by atoms with van der Waals surface area (Å²) >= 11 is 0. The van der Waals surface area contributed by atoms with Crippen LogP contribution >= 0.6 is 0 Å². The van der Waals surface area contributed by atoms with Gasteiger partial charge in [-0.3, -0.25) is 10.0 Å².